The van der Waals surface area contributed by atoms with Gasteiger partial charge in [0.25, 0.3) is 0 Å². The number of aromatic nitrogens is 3. The molecule has 2 N–H and O–H groups in total. The van der Waals surface area contributed by atoms with E-state index in [-0.39, 0.29) is 0 Å². The summed E-state index contributed by atoms with van der Waals surface area (Å²) in [6, 6.07) is 14.4. The van der Waals surface area contributed by atoms with Gasteiger partial charge in [-0.2, -0.15) is 5.10 Å². The normalized spacial score (nSPS) is 16.6. The van der Waals surface area contributed by atoms with Crippen LogP contribution in [0.15, 0.2) is 53.7 Å². The van der Waals surface area contributed by atoms with Crippen LogP contribution in [0.4, 0.5) is 5.69 Å². The molecule has 31 heavy (non-hydrogen) atoms. The molecule has 0 radical (unpaired) electrons. The summed E-state index contributed by atoms with van der Waals surface area (Å²) in [7, 11) is 1.79. The summed E-state index contributed by atoms with van der Waals surface area (Å²) in [6.07, 6.45) is 2.93. The summed E-state index contributed by atoms with van der Waals surface area (Å²) in [5.74, 6) is 1.62. The number of pyridine rings is 1. The van der Waals surface area contributed by atoms with Crippen LogP contribution in [0.25, 0.3) is 5.82 Å². The summed E-state index contributed by atoms with van der Waals surface area (Å²) in [6.45, 7) is 6.57. The van der Waals surface area contributed by atoms with Crippen molar-refractivity contribution in [3.8, 4) is 5.82 Å². The molecule has 3 heterocycles. The second-order valence-electron chi connectivity index (χ2n) is 7.85. The Bertz CT molecular complexity index is 1060. The Morgan fingerprint density at radius 3 is 2.77 bits per heavy atom. The third-order valence-corrected chi connectivity index (χ3v) is 5.66. The van der Waals surface area contributed by atoms with Gasteiger partial charge in [0.05, 0.1) is 5.69 Å². The van der Waals surface area contributed by atoms with Gasteiger partial charge < -0.3 is 15.5 Å². The zero-order valence-corrected chi connectivity index (χ0v) is 18.9. The first-order valence-electron chi connectivity index (χ1n) is 10.5. The number of hydrogen-bond donors (Lipinski definition) is 2. The molecule has 1 aliphatic rings. The van der Waals surface area contributed by atoms with Crippen molar-refractivity contribution in [1.29, 1.82) is 0 Å². The van der Waals surface area contributed by atoms with Gasteiger partial charge in [0.2, 0.25) is 0 Å². The molecule has 162 valence electrons. The van der Waals surface area contributed by atoms with E-state index in [1.165, 1.54) is 0 Å². The predicted octanol–water partition coefficient (Wildman–Crippen LogP) is 3.48. The van der Waals surface area contributed by atoms with Gasteiger partial charge in [0.15, 0.2) is 11.8 Å². The number of anilines is 1. The second kappa shape index (κ2) is 9.39. The van der Waals surface area contributed by atoms with Crippen molar-refractivity contribution in [3.05, 3.63) is 70.6 Å². The first-order valence-corrected chi connectivity index (χ1v) is 10.9. The third kappa shape index (κ3) is 5.17. The molecule has 0 saturated carbocycles. The summed E-state index contributed by atoms with van der Waals surface area (Å²) in [5.41, 5.74) is 4.30. The molecule has 0 aliphatic carbocycles. The van der Waals surface area contributed by atoms with Gasteiger partial charge in [-0.05, 0) is 56.2 Å². The quantitative estimate of drug-likeness (QED) is 0.472. The van der Waals surface area contributed by atoms with Gasteiger partial charge in [-0.3, -0.25) is 4.99 Å². The molecule has 1 aliphatic heterocycles. The average molecular weight is 438 g/mol. The van der Waals surface area contributed by atoms with Crippen LogP contribution in [-0.2, 0) is 6.54 Å². The minimum absolute atomic E-state index is 0.330. The Kier molecular flexibility index (Phi) is 6.42. The lowest BCUT2D eigenvalue weighted by molar-refractivity contribution is 0.648. The zero-order chi connectivity index (χ0) is 21.8. The predicted molar refractivity (Wildman–Crippen MR) is 126 cm³/mol. The fourth-order valence-electron chi connectivity index (χ4n) is 3.87. The van der Waals surface area contributed by atoms with Crippen molar-refractivity contribution < 1.29 is 0 Å². The van der Waals surface area contributed by atoms with Gasteiger partial charge in [-0.1, -0.05) is 23.7 Å². The van der Waals surface area contributed by atoms with Crippen molar-refractivity contribution in [2.45, 2.75) is 32.9 Å². The van der Waals surface area contributed by atoms with Crippen molar-refractivity contribution in [2.75, 3.05) is 25.0 Å². The van der Waals surface area contributed by atoms with Crippen LogP contribution in [0, 0.1) is 13.8 Å². The molecule has 1 atom stereocenters. The van der Waals surface area contributed by atoms with Crippen LogP contribution < -0.4 is 15.5 Å². The van der Waals surface area contributed by atoms with Crippen LogP contribution in [0.1, 0.15) is 23.4 Å². The highest BCUT2D eigenvalue weighted by atomic mass is 35.5. The third-order valence-electron chi connectivity index (χ3n) is 5.42. The Labute approximate surface area is 188 Å². The van der Waals surface area contributed by atoms with Gasteiger partial charge >= 0.3 is 0 Å². The SMILES string of the molecule is CN=C(NCc1ccc(-n2nc(C)cc2C)nc1)NC1CCN(c2cccc(Cl)c2)C1. The Morgan fingerprint density at radius 1 is 1.23 bits per heavy atom. The molecule has 0 spiro atoms. The number of guanidine groups is 1. The molecule has 3 aromatic rings. The highest BCUT2D eigenvalue weighted by molar-refractivity contribution is 6.30. The number of aliphatic imine (C=N–C) groups is 1. The second-order valence-corrected chi connectivity index (χ2v) is 8.28. The Morgan fingerprint density at radius 2 is 2.10 bits per heavy atom. The number of halogens is 1. The topological polar surface area (TPSA) is 70.4 Å². The van der Waals surface area contributed by atoms with E-state index in [0.717, 1.165) is 58.9 Å². The molecular formula is C23H28ClN7. The van der Waals surface area contributed by atoms with E-state index in [2.05, 4.69) is 42.7 Å². The molecule has 1 fully saturated rings. The van der Waals surface area contributed by atoms with E-state index < -0.39 is 0 Å². The molecule has 1 unspecified atom stereocenters. The molecule has 2 aromatic heterocycles. The fraction of sp³-hybridized carbons (Fsp3) is 0.348. The smallest absolute Gasteiger partial charge is 0.191 e. The van der Waals surface area contributed by atoms with Crippen LogP contribution in [0.2, 0.25) is 5.02 Å². The number of hydrogen-bond acceptors (Lipinski definition) is 4. The van der Waals surface area contributed by atoms with Gasteiger partial charge in [-0.25, -0.2) is 9.67 Å². The van der Waals surface area contributed by atoms with Gasteiger partial charge in [0, 0.05) is 55.3 Å². The van der Waals surface area contributed by atoms with Crippen molar-refractivity contribution in [3.63, 3.8) is 0 Å². The number of nitrogens with one attached hydrogen (secondary N) is 2. The molecule has 1 aromatic carbocycles. The maximum atomic E-state index is 6.14. The van der Waals surface area contributed by atoms with Crippen molar-refractivity contribution in [1.82, 2.24) is 25.4 Å². The highest BCUT2D eigenvalue weighted by Crippen LogP contribution is 2.23. The molecule has 8 heteroatoms. The number of nitrogens with zero attached hydrogens (tertiary/aromatic N) is 5. The monoisotopic (exact) mass is 437 g/mol. The maximum Gasteiger partial charge on any atom is 0.191 e. The lowest BCUT2D eigenvalue weighted by Crippen LogP contribution is -2.44. The van der Waals surface area contributed by atoms with Gasteiger partial charge in [0.1, 0.15) is 0 Å². The largest absolute Gasteiger partial charge is 0.369 e. The average Bonchev–Trinajstić information content (AvgIpc) is 3.37. The Balaban J connectivity index is 1.30. The molecule has 7 nitrogen and oxygen atoms in total. The van der Waals surface area contributed by atoms with E-state index in [1.54, 1.807) is 7.05 Å². The summed E-state index contributed by atoms with van der Waals surface area (Å²) in [5, 5.41) is 12.2. The standard InChI is InChI=1S/C23H28ClN7/c1-16-11-17(2)31(29-16)22-8-7-18(13-26-22)14-27-23(25-3)28-20-9-10-30(15-20)21-6-4-5-19(24)12-21/h4-8,11-13,20H,9-10,14-15H2,1-3H3,(H2,25,27,28). The first kappa shape index (κ1) is 21.2. The minimum Gasteiger partial charge on any atom is -0.369 e. The highest BCUT2D eigenvalue weighted by Gasteiger charge is 2.23. The molecule has 0 bridgehead atoms. The van der Waals surface area contributed by atoms with Gasteiger partial charge in [-0.15, -0.1) is 0 Å². The number of aryl methyl sites for hydroxylation is 2. The number of benzene rings is 1. The number of rotatable bonds is 5. The molecule has 1 saturated heterocycles. The Hall–Kier alpha value is -3.06. The van der Waals surface area contributed by atoms with Crippen molar-refractivity contribution in [2.24, 2.45) is 4.99 Å². The van der Waals surface area contributed by atoms with Crippen LogP contribution in [-0.4, -0.2) is 46.9 Å². The van der Waals surface area contributed by atoms with E-state index in [4.69, 9.17) is 11.6 Å². The van der Waals surface area contributed by atoms with E-state index in [1.807, 2.05) is 55.1 Å². The summed E-state index contributed by atoms with van der Waals surface area (Å²) in [4.78, 5) is 11.3. The lowest BCUT2D eigenvalue weighted by atomic mass is 10.2. The summed E-state index contributed by atoms with van der Waals surface area (Å²) >= 11 is 6.14. The van der Waals surface area contributed by atoms with E-state index in [9.17, 15) is 0 Å². The summed E-state index contributed by atoms with van der Waals surface area (Å²) < 4.78 is 1.86. The molecular weight excluding hydrogens is 410 g/mol. The molecule has 0 amide bonds. The van der Waals surface area contributed by atoms with Crippen molar-refractivity contribution >= 4 is 23.2 Å². The van der Waals surface area contributed by atoms with Crippen LogP contribution in [0.3, 0.4) is 0 Å². The first-order chi connectivity index (χ1) is 15.0. The molecule has 4 rings (SSSR count). The minimum atomic E-state index is 0.330. The fourth-order valence-corrected chi connectivity index (χ4v) is 4.05. The van der Waals surface area contributed by atoms with E-state index >= 15 is 0 Å². The lowest BCUT2D eigenvalue weighted by Gasteiger charge is -2.20. The van der Waals surface area contributed by atoms with Crippen LogP contribution >= 0.6 is 11.6 Å². The van der Waals surface area contributed by atoms with Crippen LogP contribution in [0.5, 0.6) is 0 Å². The van der Waals surface area contributed by atoms with E-state index in [0.29, 0.717) is 12.6 Å². The zero-order valence-electron chi connectivity index (χ0n) is 18.1. The maximum absolute atomic E-state index is 6.14.